The van der Waals surface area contributed by atoms with E-state index in [-0.39, 0.29) is 0 Å². The van der Waals surface area contributed by atoms with E-state index in [1.807, 2.05) is 0 Å². The predicted octanol–water partition coefficient (Wildman–Crippen LogP) is 13.2. The molecular formula is C44H40N2. The van der Waals surface area contributed by atoms with Gasteiger partial charge in [-0.25, -0.2) is 0 Å². The van der Waals surface area contributed by atoms with Crippen molar-refractivity contribution in [3.63, 3.8) is 0 Å². The molecule has 0 N–H and O–H groups in total. The highest BCUT2D eigenvalue weighted by atomic mass is 15.2. The van der Waals surface area contributed by atoms with Crippen LogP contribution in [0.15, 0.2) is 158 Å². The summed E-state index contributed by atoms with van der Waals surface area (Å²) in [6.45, 7) is 8.98. The van der Waals surface area contributed by atoms with E-state index < -0.39 is 0 Å². The highest BCUT2D eigenvalue weighted by molar-refractivity contribution is 6.00. The van der Waals surface area contributed by atoms with Crippen LogP contribution < -0.4 is 9.80 Å². The van der Waals surface area contributed by atoms with Gasteiger partial charge in [-0.1, -0.05) is 125 Å². The van der Waals surface area contributed by atoms with Gasteiger partial charge in [-0.2, -0.15) is 0 Å². The Kier molecular flexibility index (Phi) is 8.03. The van der Waals surface area contributed by atoms with Crippen LogP contribution in [0.2, 0.25) is 0 Å². The molecule has 0 atom stereocenters. The van der Waals surface area contributed by atoms with Crippen molar-refractivity contribution in [1.29, 1.82) is 0 Å². The van der Waals surface area contributed by atoms with Crippen molar-refractivity contribution in [1.82, 2.24) is 0 Å². The lowest BCUT2D eigenvalue weighted by Crippen LogP contribution is -2.13. The number of hydrogen-bond donors (Lipinski definition) is 0. The van der Waals surface area contributed by atoms with Crippen LogP contribution in [0.3, 0.4) is 0 Å². The van der Waals surface area contributed by atoms with Gasteiger partial charge in [-0.05, 0) is 94.4 Å². The van der Waals surface area contributed by atoms with Gasteiger partial charge in [0, 0.05) is 33.5 Å². The first kappa shape index (κ1) is 29.4. The molecular weight excluding hydrogens is 556 g/mol. The van der Waals surface area contributed by atoms with E-state index in [0.29, 0.717) is 11.8 Å². The van der Waals surface area contributed by atoms with Crippen molar-refractivity contribution in [2.75, 3.05) is 9.80 Å². The molecule has 0 aliphatic heterocycles. The third-order valence-corrected chi connectivity index (χ3v) is 9.02. The van der Waals surface area contributed by atoms with Gasteiger partial charge in [0.05, 0.1) is 11.4 Å². The predicted molar refractivity (Wildman–Crippen MR) is 199 cm³/mol. The Balaban J connectivity index is 1.37. The maximum atomic E-state index is 2.38. The van der Waals surface area contributed by atoms with Crippen LogP contribution in [0.4, 0.5) is 34.1 Å². The van der Waals surface area contributed by atoms with E-state index in [1.54, 1.807) is 0 Å². The van der Waals surface area contributed by atoms with E-state index in [4.69, 9.17) is 0 Å². The summed E-state index contributed by atoms with van der Waals surface area (Å²) in [5, 5.41) is 4.91. The zero-order valence-corrected chi connectivity index (χ0v) is 27.1. The van der Waals surface area contributed by atoms with E-state index in [0.717, 1.165) is 22.7 Å². The first-order chi connectivity index (χ1) is 22.5. The maximum Gasteiger partial charge on any atom is 0.0540 e. The SMILES string of the molecule is CC(C)c1ccc(N(c2ccc(N(c3ccc(C(C)C)cc3)c3cccc4ccccc34)cc2)c2cccc3ccccc23)cc1. The minimum Gasteiger partial charge on any atom is -0.310 e. The molecule has 0 amide bonds. The molecule has 7 aromatic carbocycles. The zero-order chi connectivity index (χ0) is 31.6. The summed E-state index contributed by atoms with van der Waals surface area (Å²) in [6.07, 6.45) is 0. The molecule has 7 rings (SSSR count). The second-order valence-corrected chi connectivity index (χ2v) is 12.7. The van der Waals surface area contributed by atoms with Gasteiger partial charge in [-0.3, -0.25) is 0 Å². The fourth-order valence-corrected chi connectivity index (χ4v) is 6.43. The van der Waals surface area contributed by atoms with Crippen LogP contribution in [0.5, 0.6) is 0 Å². The van der Waals surface area contributed by atoms with Crippen molar-refractivity contribution < 1.29 is 0 Å². The van der Waals surface area contributed by atoms with Crippen LogP contribution in [0.25, 0.3) is 21.5 Å². The normalized spacial score (nSPS) is 11.4. The molecule has 2 nitrogen and oxygen atoms in total. The molecule has 7 aromatic rings. The number of nitrogens with zero attached hydrogens (tertiary/aromatic N) is 2. The molecule has 0 aromatic heterocycles. The molecule has 0 aliphatic rings. The minimum atomic E-state index is 0.481. The van der Waals surface area contributed by atoms with Gasteiger partial charge in [0.1, 0.15) is 0 Å². The number of benzene rings is 7. The van der Waals surface area contributed by atoms with Crippen molar-refractivity contribution in [3.05, 3.63) is 169 Å². The summed E-state index contributed by atoms with van der Waals surface area (Å²) in [5.74, 6) is 0.961. The molecule has 0 saturated heterocycles. The molecule has 0 radical (unpaired) electrons. The first-order valence-corrected chi connectivity index (χ1v) is 16.3. The van der Waals surface area contributed by atoms with Crippen LogP contribution in [-0.4, -0.2) is 0 Å². The highest BCUT2D eigenvalue weighted by Gasteiger charge is 2.19. The van der Waals surface area contributed by atoms with Gasteiger partial charge >= 0.3 is 0 Å². The average molecular weight is 597 g/mol. The molecule has 0 aliphatic carbocycles. The second kappa shape index (κ2) is 12.6. The van der Waals surface area contributed by atoms with E-state index >= 15 is 0 Å². The molecule has 226 valence electrons. The lowest BCUT2D eigenvalue weighted by molar-refractivity contribution is 0.866. The number of fused-ring (bicyclic) bond motifs is 2. The van der Waals surface area contributed by atoms with Gasteiger partial charge < -0.3 is 9.80 Å². The molecule has 0 saturated carbocycles. The summed E-state index contributed by atoms with van der Waals surface area (Å²) in [7, 11) is 0. The Bertz CT molecular complexity index is 1920. The summed E-state index contributed by atoms with van der Waals surface area (Å²) in [4.78, 5) is 4.77. The van der Waals surface area contributed by atoms with Gasteiger partial charge in [0.25, 0.3) is 0 Å². The maximum absolute atomic E-state index is 2.38. The average Bonchev–Trinajstić information content (AvgIpc) is 3.10. The number of rotatable bonds is 8. The second-order valence-electron chi connectivity index (χ2n) is 12.7. The van der Waals surface area contributed by atoms with Crippen LogP contribution in [-0.2, 0) is 0 Å². The lowest BCUT2D eigenvalue weighted by Gasteiger charge is -2.30. The molecule has 2 heteroatoms. The van der Waals surface area contributed by atoms with Crippen LogP contribution in [0, 0.1) is 0 Å². The summed E-state index contributed by atoms with van der Waals surface area (Å²) in [5.41, 5.74) is 9.53. The summed E-state index contributed by atoms with van der Waals surface area (Å²) in [6, 6.07) is 57.5. The van der Waals surface area contributed by atoms with E-state index in [9.17, 15) is 0 Å². The monoisotopic (exact) mass is 596 g/mol. The van der Waals surface area contributed by atoms with Crippen molar-refractivity contribution in [2.45, 2.75) is 39.5 Å². The topological polar surface area (TPSA) is 6.48 Å². The lowest BCUT2D eigenvalue weighted by atomic mass is 10.0. The Hall–Kier alpha value is -5.34. The smallest absolute Gasteiger partial charge is 0.0540 e. The fraction of sp³-hybridized carbons (Fsp3) is 0.136. The molecule has 0 bridgehead atoms. The van der Waals surface area contributed by atoms with Crippen molar-refractivity contribution in [2.24, 2.45) is 0 Å². The Morgan fingerprint density at radius 2 is 0.630 bits per heavy atom. The molecule has 46 heavy (non-hydrogen) atoms. The molecule has 0 heterocycles. The molecule has 0 unspecified atom stereocenters. The Morgan fingerprint density at radius 3 is 0.978 bits per heavy atom. The van der Waals surface area contributed by atoms with E-state index in [1.165, 1.54) is 44.0 Å². The third-order valence-electron chi connectivity index (χ3n) is 9.02. The third kappa shape index (κ3) is 5.63. The Labute approximate surface area is 273 Å². The highest BCUT2D eigenvalue weighted by Crippen LogP contribution is 2.43. The number of hydrogen-bond acceptors (Lipinski definition) is 2. The van der Waals surface area contributed by atoms with Crippen molar-refractivity contribution >= 4 is 55.7 Å². The molecule has 0 spiro atoms. The number of anilines is 6. The summed E-state index contributed by atoms with van der Waals surface area (Å²) < 4.78 is 0. The van der Waals surface area contributed by atoms with Gasteiger partial charge in [-0.15, -0.1) is 0 Å². The first-order valence-electron chi connectivity index (χ1n) is 16.3. The minimum absolute atomic E-state index is 0.481. The van der Waals surface area contributed by atoms with Gasteiger partial charge in [0.2, 0.25) is 0 Å². The van der Waals surface area contributed by atoms with Crippen LogP contribution in [0.1, 0.15) is 50.7 Å². The largest absolute Gasteiger partial charge is 0.310 e. The zero-order valence-electron chi connectivity index (χ0n) is 27.1. The van der Waals surface area contributed by atoms with Crippen molar-refractivity contribution in [3.8, 4) is 0 Å². The quantitative estimate of drug-likeness (QED) is 0.172. The van der Waals surface area contributed by atoms with E-state index in [2.05, 4.69) is 195 Å². The van der Waals surface area contributed by atoms with Gasteiger partial charge in [0.15, 0.2) is 0 Å². The fourth-order valence-electron chi connectivity index (χ4n) is 6.43. The van der Waals surface area contributed by atoms with Crippen LogP contribution >= 0.6 is 0 Å². The molecule has 0 fully saturated rings. The standard InChI is InChI=1S/C44H40N2/c1-31(2)33-19-23-37(24-20-33)45(43-17-9-13-35-11-5-7-15-41(35)43)39-27-29-40(30-28-39)46(38-25-21-34(22-26-38)32(3)4)44-18-10-14-36-12-6-8-16-42(36)44/h5-32H,1-4H3. The Morgan fingerprint density at radius 1 is 0.326 bits per heavy atom. The summed E-state index contributed by atoms with van der Waals surface area (Å²) >= 11 is 0.